The van der Waals surface area contributed by atoms with Gasteiger partial charge in [0.15, 0.2) is 5.65 Å². The summed E-state index contributed by atoms with van der Waals surface area (Å²) in [6.07, 6.45) is 9.24. The van der Waals surface area contributed by atoms with Crippen LogP contribution in [0.4, 0.5) is 4.39 Å². The maximum atomic E-state index is 14.1. The molecule has 0 bridgehead atoms. The van der Waals surface area contributed by atoms with Crippen LogP contribution in [0.25, 0.3) is 11.0 Å². The Morgan fingerprint density at radius 1 is 1.19 bits per heavy atom. The predicted molar refractivity (Wildman–Crippen MR) is 153 cm³/mol. The molecule has 1 aromatic carbocycles. The van der Waals surface area contributed by atoms with Gasteiger partial charge in [0, 0.05) is 17.6 Å². The number of aromatic nitrogens is 2. The van der Waals surface area contributed by atoms with E-state index in [2.05, 4.69) is 4.98 Å². The molecule has 0 spiro atoms. The van der Waals surface area contributed by atoms with Gasteiger partial charge in [-0.2, -0.15) is 8.42 Å². The molecule has 0 radical (unpaired) electrons. The number of carbonyl (C=O) groups excluding carboxylic acids is 1. The molecule has 4 rings (SSSR count). The Morgan fingerprint density at radius 3 is 2.67 bits per heavy atom. The lowest BCUT2D eigenvalue weighted by atomic mass is 9.99. The summed E-state index contributed by atoms with van der Waals surface area (Å²) in [5, 5.41) is 0.424. The number of esters is 1. The Kier molecular flexibility index (Phi) is 9.09. The molecule has 226 valence electrons. The van der Waals surface area contributed by atoms with Gasteiger partial charge in [0.05, 0.1) is 32.3 Å². The molecule has 1 aliphatic carbocycles. The van der Waals surface area contributed by atoms with E-state index in [0.717, 1.165) is 22.4 Å². The standard InChI is InChI=1S/C28H31FN2O9S2/c1-19(8-7-15-38-41(4,33)34)39-25-9-5-6-13-28(25,2)42(35,36)31-14-12-20-16-22(18-30-26(20)31)40-24-17-21(29)10-11-23(24)27(32)37-3/h5-6,9-12,14,16-19H,7-8,13,15H2,1-4H3/t19?,28-/m1/s1. The van der Waals surface area contributed by atoms with Gasteiger partial charge >= 0.3 is 5.97 Å². The maximum Gasteiger partial charge on any atom is 0.341 e. The van der Waals surface area contributed by atoms with Crippen LogP contribution in [0.1, 0.15) is 43.5 Å². The summed E-state index contributed by atoms with van der Waals surface area (Å²) < 4.78 is 85.3. The molecule has 42 heavy (non-hydrogen) atoms. The minimum absolute atomic E-state index is 0.00298. The van der Waals surface area contributed by atoms with Crippen molar-refractivity contribution in [2.75, 3.05) is 20.0 Å². The molecule has 0 saturated heterocycles. The summed E-state index contributed by atoms with van der Waals surface area (Å²) in [4.78, 5) is 16.4. The molecule has 14 heteroatoms. The number of benzene rings is 1. The number of allylic oxidation sites excluding steroid dienone is 3. The van der Waals surface area contributed by atoms with Crippen molar-refractivity contribution in [3.8, 4) is 11.5 Å². The average molecular weight is 623 g/mol. The molecule has 2 atom stereocenters. The lowest BCUT2D eigenvalue weighted by molar-refractivity contribution is 0.0597. The lowest BCUT2D eigenvalue weighted by Crippen LogP contribution is -2.43. The topological polar surface area (TPSA) is 140 Å². The fraction of sp³-hybridized carbons (Fsp3) is 0.357. The van der Waals surface area contributed by atoms with Crippen LogP contribution < -0.4 is 4.74 Å². The first-order valence-electron chi connectivity index (χ1n) is 12.9. The van der Waals surface area contributed by atoms with Gasteiger partial charge in [-0.1, -0.05) is 12.2 Å². The zero-order valence-electron chi connectivity index (χ0n) is 23.4. The van der Waals surface area contributed by atoms with E-state index < -0.39 is 42.8 Å². The van der Waals surface area contributed by atoms with Crippen molar-refractivity contribution in [2.24, 2.45) is 0 Å². The van der Waals surface area contributed by atoms with Gasteiger partial charge in [-0.3, -0.25) is 4.18 Å². The highest BCUT2D eigenvalue weighted by Crippen LogP contribution is 2.38. The van der Waals surface area contributed by atoms with Gasteiger partial charge < -0.3 is 14.2 Å². The van der Waals surface area contributed by atoms with Crippen molar-refractivity contribution in [2.45, 2.75) is 44.0 Å². The van der Waals surface area contributed by atoms with E-state index in [-0.39, 0.29) is 41.5 Å². The molecule has 0 fully saturated rings. The molecule has 2 heterocycles. The van der Waals surface area contributed by atoms with E-state index >= 15 is 0 Å². The monoisotopic (exact) mass is 622 g/mol. The largest absolute Gasteiger partial charge is 0.493 e. The normalized spacial score (nSPS) is 18.0. The summed E-state index contributed by atoms with van der Waals surface area (Å²) in [7, 11) is -6.48. The number of rotatable bonds is 12. The molecule has 0 amide bonds. The zero-order chi connectivity index (χ0) is 30.7. The highest BCUT2D eigenvalue weighted by molar-refractivity contribution is 7.91. The fourth-order valence-electron chi connectivity index (χ4n) is 4.41. The van der Waals surface area contributed by atoms with Gasteiger partial charge in [0.1, 0.15) is 33.4 Å². The minimum atomic E-state index is -4.13. The molecule has 3 aromatic rings. The second-order valence-corrected chi connectivity index (χ2v) is 13.8. The van der Waals surface area contributed by atoms with Crippen molar-refractivity contribution < 1.29 is 44.4 Å². The number of hydrogen-bond donors (Lipinski definition) is 0. The number of halogens is 1. The Balaban J connectivity index is 1.57. The molecule has 0 aliphatic heterocycles. The molecule has 0 saturated carbocycles. The Hall–Kier alpha value is -3.75. The first kappa shape index (κ1) is 31.2. The molecular weight excluding hydrogens is 591 g/mol. The Labute approximate surface area is 243 Å². The number of pyridine rings is 1. The molecule has 2 aromatic heterocycles. The van der Waals surface area contributed by atoms with Crippen LogP contribution in [0.3, 0.4) is 0 Å². The van der Waals surface area contributed by atoms with E-state index in [1.807, 2.05) is 0 Å². The van der Waals surface area contributed by atoms with Crippen LogP contribution in [-0.4, -0.2) is 62.6 Å². The SMILES string of the molecule is COC(=O)c1ccc(F)cc1Oc1cnc2c(ccn2S(=O)(=O)[C@]2(C)CC=CC=C2OC(C)CCCOS(C)(=O)=O)c1. The summed E-state index contributed by atoms with van der Waals surface area (Å²) in [6.45, 7) is 3.33. The lowest BCUT2D eigenvalue weighted by Gasteiger charge is -2.34. The first-order chi connectivity index (χ1) is 19.7. The third-order valence-electron chi connectivity index (χ3n) is 6.67. The first-order valence-corrected chi connectivity index (χ1v) is 16.2. The van der Waals surface area contributed by atoms with Crippen molar-refractivity contribution in [1.82, 2.24) is 8.96 Å². The minimum Gasteiger partial charge on any atom is -0.493 e. The fourth-order valence-corrected chi connectivity index (χ4v) is 6.54. The molecule has 11 nitrogen and oxygen atoms in total. The molecule has 1 unspecified atom stereocenters. The van der Waals surface area contributed by atoms with Crippen LogP contribution in [0.15, 0.2) is 66.7 Å². The van der Waals surface area contributed by atoms with Crippen molar-refractivity contribution in [3.05, 3.63) is 78.1 Å². The Bertz CT molecular complexity index is 1760. The van der Waals surface area contributed by atoms with E-state index in [9.17, 15) is 26.0 Å². The summed E-state index contributed by atoms with van der Waals surface area (Å²) in [6, 6.07) is 6.46. The number of methoxy groups -OCH3 is 1. The second kappa shape index (κ2) is 12.2. The summed E-state index contributed by atoms with van der Waals surface area (Å²) in [5.41, 5.74) is 0.143. The summed E-state index contributed by atoms with van der Waals surface area (Å²) in [5.74, 6) is -1.03. The number of carbonyl (C=O) groups is 1. The number of hydrogen-bond acceptors (Lipinski definition) is 10. The van der Waals surface area contributed by atoms with Gasteiger partial charge in [-0.25, -0.2) is 26.6 Å². The number of ether oxygens (including phenoxy) is 3. The van der Waals surface area contributed by atoms with Crippen LogP contribution in [-0.2, 0) is 33.8 Å². The molecule has 1 aliphatic rings. The Morgan fingerprint density at radius 2 is 1.95 bits per heavy atom. The van der Waals surface area contributed by atoms with Crippen molar-refractivity contribution in [1.29, 1.82) is 0 Å². The zero-order valence-corrected chi connectivity index (χ0v) is 25.1. The van der Waals surface area contributed by atoms with E-state index in [4.69, 9.17) is 18.4 Å². The van der Waals surface area contributed by atoms with Crippen molar-refractivity contribution >= 4 is 37.1 Å². The summed E-state index contributed by atoms with van der Waals surface area (Å²) >= 11 is 0. The number of fused-ring (bicyclic) bond motifs is 1. The highest BCUT2D eigenvalue weighted by atomic mass is 32.2. The van der Waals surface area contributed by atoms with E-state index in [1.54, 1.807) is 38.1 Å². The van der Waals surface area contributed by atoms with Gasteiger partial charge in [0.25, 0.3) is 20.1 Å². The smallest absolute Gasteiger partial charge is 0.341 e. The highest BCUT2D eigenvalue weighted by Gasteiger charge is 2.46. The predicted octanol–water partition coefficient (Wildman–Crippen LogP) is 4.70. The van der Waals surface area contributed by atoms with Crippen LogP contribution in [0, 0.1) is 5.82 Å². The average Bonchev–Trinajstić information content (AvgIpc) is 3.36. The van der Waals surface area contributed by atoms with E-state index in [1.165, 1.54) is 31.6 Å². The quantitative estimate of drug-likeness (QED) is 0.159. The molecule has 0 N–H and O–H groups in total. The van der Waals surface area contributed by atoms with E-state index in [0.29, 0.717) is 18.2 Å². The van der Waals surface area contributed by atoms with Crippen LogP contribution >= 0.6 is 0 Å². The third kappa shape index (κ3) is 6.66. The van der Waals surface area contributed by atoms with Crippen LogP contribution in [0.5, 0.6) is 11.5 Å². The van der Waals surface area contributed by atoms with Gasteiger partial charge in [0.2, 0.25) is 0 Å². The third-order valence-corrected chi connectivity index (χ3v) is 9.58. The van der Waals surface area contributed by atoms with Gasteiger partial charge in [-0.05, 0) is 63.5 Å². The van der Waals surface area contributed by atoms with Crippen molar-refractivity contribution in [3.63, 3.8) is 0 Å². The number of nitrogens with zero attached hydrogens (tertiary/aromatic N) is 2. The molecular formula is C28H31FN2O9S2. The maximum absolute atomic E-state index is 14.1. The second-order valence-electron chi connectivity index (χ2n) is 9.93. The van der Waals surface area contributed by atoms with Gasteiger partial charge in [-0.15, -0.1) is 0 Å². The van der Waals surface area contributed by atoms with Crippen LogP contribution in [0.2, 0.25) is 0 Å².